The Kier molecular flexibility index (Phi) is 20.2. The van der Waals surface area contributed by atoms with Gasteiger partial charge in [0.2, 0.25) is 0 Å². The first kappa shape index (κ1) is 73.9. The Balaban J connectivity index is 0.000000118. The smallest absolute Gasteiger partial charge is 0.0705 e. The van der Waals surface area contributed by atoms with Crippen molar-refractivity contribution in [2.75, 3.05) is 0 Å². The maximum atomic E-state index is 4.79. The van der Waals surface area contributed by atoms with E-state index < -0.39 is 0 Å². The molecule has 564 valence electrons. The highest BCUT2D eigenvalue weighted by atomic mass is 14.7. The number of pyridine rings is 6. The monoisotopic (exact) mass is 1520 g/mol. The number of nitrogens with zero attached hydrogens (tertiary/aromatic N) is 6. The molecule has 0 N–H and O–H groups in total. The fraction of sp³-hybridized carbons (Fsp3) is 0.0442. The van der Waals surface area contributed by atoms with Crippen LogP contribution in [0, 0.1) is 34.6 Å². The summed E-state index contributed by atoms with van der Waals surface area (Å²) in [6, 6.07) is 129. The van der Waals surface area contributed by atoms with Gasteiger partial charge in [-0.15, -0.1) is 0 Å². The highest BCUT2D eigenvalue weighted by Crippen LogP contribution is 2.49. The van der Waals surface area contributed by atoms with E-state index in [2.05, 4.69) is 387 Å². The first-order valence-electron chi connectivity index (χ1n) is 40.6. The van der Waals surface area contributed by atoms with E-state index in [1.807, 2.05) is 74.7 Å². The number of aryl methyl sites for hydroxylation is 5. The highest BCUT2D eigenvalue weighted by molar-refractivity contribution is 6.24. The van der Waals surface area contributed by atoms with Gasteiger partial charge in [-0.25, -0.2) is 0 Å². The van der Waals surface area contributed by atoms with Crippen molar-refractivity contribution in [2.45, 2.75) is 34.6 Å². The molecular formula is C113H82N6. The molecular weight excluding hydrogens is 1440 g/mol. The lowest BCUT2D eigenvalue weighted by molar-refractivity contribution is 1.21. The summed E-state index contributed by atoms with van der Waals surface area (Å²) in [7, 11) is 0. The number of aromatic nitrogens is 6. The summed E-state index contributed by atoms with van der Waals surface area (Å²) in [5, 5.41) is 15.0. The molecule has 0 aliphatic rings. The van der Waals surface area contributed by atoms with Crippen LogP contribution in [0.15, 0.2) is 407 Å². The topological polar surface area (TPSA) is 77.3 Å². The minimum absolute atomic E-state index is 0.980. The first-order valence-corrected chi connectivity index (χ1v) is 40.6. The van der Waals surface area contributed by atoms with Gasteiger partial charge >= 0.3 is 0 Å². The van der Waals surface area contributed by atoms with Gasteiger partial charge in [0, 0.05) is 88.6 Å². The third-order valence-electron chi connectivity index (χ3n) is 23.2. The van der Waals surface area contributed by atoms with E-state index in [-0.39, 0.29) is 0 Å². The lowest BCUT2D eigenvalue weighted by atomic mass is 9.85. The molecule has 0 saturated carbocycles. The Hall–Kier alpha value is -15.2. The van der Waals surface area contributed by atoms with Crippen LogP contribution in [0.4, 0.5) is 0 Å². The van der Waals surface area contributed by atoms with Crippen LogP contribution in [-0.2, 0) is 0 Å². The summed E-state index contributed by atoms with van der Waals surface area (Å²) in [6.45, 7) is 10.5. The van der Waals surface area contributed by atoms with Crippen molar-refractivity contribution in [1.82, 2.24) is 29.9 Å². The second-order valence-corrected chi connectivity index (χ2v) is 30.7. The Morgan fingerprint density at radius 3 is 0.731 bits per heavy atom. The number of hydrogen-bond acceptors (Lipinski definition) is 6. The summed E-state index contributed by atoms with van der Waals surface area (Å²) in [5.74, 6) is 0. The Labute approximate surface area is 693 Å². The van der Waals surface area contributed by atoms with E-state index in [1.54, 1.807) is 0 Å². The predicted molar refractivity (Wildman–Crippen MR) is 500 cm³/mol. The largest absolute Gasteiger partial charge is 0.264 e. The number of rotatable bonds is 12. The summed E-state index contributed by atoms with van der Waals surface area (Å²) >= 11 is 0. The molecule has 0 unspecified atom stereocenters. The van der Waals surface area contributed by atoms with E-state index in [0.717, 1.165) is 45.0 Å². The maximum absolute atomic E-state index is 4.79. The summed E-state index contributed by atoms with van der Waals surface area (Å²) in [6.07, 6.45) is 15.2. The zero-order valence-corrected chi connectivity index (χ0v) is 66.9. The van der Waals surface area contributed by atoms with Crippen molar-refractivity contribution in [2.24, 2.45) is 0 Å². The predicted octanol–water partition coefficient (Wildman–Crippen LogP) is 29.9. The lowest BCUT2D eigenvalue weighted by Crippen LogP contribution is -1.92. The van der Waals surface area contributed by atoms with Crippen LogP contribution in [0.25, 0.3) is 199 Å². The fourth-order valence-electron chi connectivity index (χ4n) is 17.4. The van der Waals surface area contributed by atoms with Gasteiger partial charge in [0.1, 0.15) is 0 Å². The molecule has 21 rings (SSSR count). The summed E-state index contributed by atoms with van der Waals surface area (Å²) in [5.41, 5.74) is 34.0. The molecule has 6 heteroatoms. The third-order valence-corrected chi connectivity index (χ3v) is 23.2. The first-order chi connectivity index (χ1) is 58.6. The average Bonchev–Trinajstić information content (AvgIpc) is 0.743. The van der Waals surface area contributed by atoms with Crippen LogP contribution in [0.5, 0.6) is 0 Å². The normalized spacial score (nSPS) is 11.2. The maximum Gasteiger partial charge on any atom is 0.0705 e. The van der Waals surface area contributed by atoms with Crippen molar-refractivity contribution < 1.29 is 0 Å². The number of hydrogen-bond donors (Lipinski definition) is 0. The van der Waals surface area contributed by atoms with Gasteiger partial charge in [0.25, 0.3) is 0 Å². The van der Waals surface area contributed by atoms with Crippen LogP contribution < -0.4 is 0 Å². The molecule has 0 bridgehead atoms. The van der Waals surface area contributed by atoms with Crippen molar-refractivity contribution in [1.29, 1.82) is 0 Å². The molecule has 119 heavy (non-hydrogen) atoms. The molecule has 0 aliphatic heterocycles. The van der Waals surface area contributed by atoms with Gasteiger partial charge in [0.15, 0.2) is 0 Å². The SMILES string of the molecule is Cc1ccc(-c2cccc(-c3c4ccccc4c(-c4ccc(-c5cnccc5C)cc4)c4ccccc34)c2)nc1.Cc1cccc(-c2cccc(-c3c4ccccc4c(-c4ccc(-c5cnccc5C)cc4)c4ccccc34)c2)n1.Cc1ccncc1-c1ccc(-c2c3ccccc3c(-c3cccc(-c4ccccn4)c3)c3ccccc23)cc1. The van der Waals surface area contributed by atoms with Crippen LogP contribution in [0.3, 0.4) is 0 Å². The van der Waals surface area contributed by atoms with Gasteiger partial charge < -0.3 is 0 Å². The van der Waals surface area contributed by atoms with Gasteiger partial charge in [-0.2, -0.15) is 0 Å². The van der Waals surface area contributed by atoms with Crippen LogP contribution in [0.1, 0.15) is 27.9 Å². The number of fused-ring (bicyclic) bond motifs is 6. The van der Waals surface area contributed by atoms with Crippen molar-refractivity contribution in [3.63, 3.8) is 0 Å². The third kappa shape index (κ3) is 14.6. The fourth-order valence-corrected chi connectivity index (χ4v) is 17.4. The lowest BCUT2D eigenvalue weighted by Gasteiger charge is -2.18. The molecule has 0 saturated heterocycles. The molecule has 6 aromatic heterocycles. The van der Waals surface area contributed by atoms with Crippen molar-refractivity contribution in [3.05, 3.63) is 435 Å². The summed E-state index contributed by atoms with van der Waals surface area (Å²) < 4.78 is 0. The Morgan fingerprint density at radius 1 is 0.176 bits per heavy atom. The van der Waals surface area contributed by atoms with Crippen molar-refractivity contribution in [3.8, 4) is 134 Å². The average molecular weight is 1520 g/mol. The molecule has 0 spiro atoms. The highest BCUT2D eigenvalue weighted by Gasteiger charge is 2.22. The van der Waals surface area contributed by atoms with E-state index in [0.29, 0.717) is 0 Å². The molecule has 0 fully saturated rings. The standard InChI is InChI=1S/2C38H28N2.C37H26N2/c1-25-21-22-39-24-35(25)27-17-19-28(20-18-27)37-31-12-3-5-14-33(31)38(34-15-6-4-13-32(34)37)30-11-8-10-29(23-30)36-16-7-9-26(2)40-36;1-25-14-19-36(40-23-25)29-8-7-9-30(22-29)38-33-12-5-3-10-31(33)37(32-11-4-6-13-34(32)38)28-17-15-27(16-18-28)35-24-39-21-20-26(35)2;1-25-20-22-38-24-34(25)26-16-18-27(19-17-26)36-30-11-2-4-13-32(30)37(33-14-5-3-12-31(33)36)29-10-8-9-28(23-29)35-15-6-7-21-39-35/h2*3-24H,1-2H3;2-24H,1H3. The van der Waals surface area contributed by atoms with E-state index in [4.69, 9.17) is 9.97 Å². The van der Waals surface area contributed by atoms with Gasteiger partial charge in [0.05, 0.1) is 17.1 Å². The van der Waals surface area contributed by atoms with Gasteiger partial charge in [-0.3, -0.25) is 29.9 Å². The number of benzene rings is 15. The quantitative estimate of drug-likeness (QED) is 0.113. The Bertz CT molecular complexity index is 7210. The van der Waals surface area contributed by atoms with Crippen LogP contribution in [0.2, 0.25) is 0 Å². The molecule has 6 nitrogen and oxygen atoms in total. The van der Waals surface area contributed by atoms with E-state index >= 15 is 0 Å². The molecule has 21 aromatic rings. The summed E-state index contributed by atoms with van der Waals surface area (Å²) in [4.78, 5) is 27.1. The molecule has 6 heterocycles. The minimum atomic E-state index is 0.980. The molecule has 0 radical (unpaired) electrons. The van der Waals surface area contributed by atoms with Gasteiger partial charge in [-0.05, 0) is 272 Å². The van der Waals surface area contributed by atoms with E-state index in [1.165, 1.54) is 181 Å². The second-order valence-electron chi connectivity index (χ2n) is 30.7. The van der Waals surface area contributed by atoms with Gasteiger partial charge in [-0.1, -0.05) is 291 Å². The zero-order valence-electron chi connectivity index (χ0n) is 66.9. The molecule has 0 amide bonds. The molecule has 0 atom stereocenters. The second kappa shape index (κ2) is 32.6. The Morgan fingerprint density at radius 2 is 0.445 bits per heavy atom. The minimum Gasteiger partial charge on any atom is -0.264 e. The zero-order chi connectivity index (χ0) is 80.3. The molecule has 15 aromatic carbocycles. The van der Waals surface area contributed by atoms with Crippen LogP contribution in [-0.4, -0.2) is 29.9 Å². The van der Waals surface area contributed by atoms with Crippen LogP contribution >= 0.6 is 0 Å². The van der Waals surface area contributed by atoms with Crippen molar-refractivity contribution >= 4 is 64.6 Å². The van der Waals surface area contributed by atoms with E-state index in [9.17, 15) is 0 Å². The molecule has 0 aliphatic carbocycles.